The summed E-state index contributed by atoms with van der Waals surface area (Å²) in [5, 5.41) is 16.2. The van der Waals surface area contributed by atoms with E-state index in [2.05, 4.69) is 15.3 Å². The standard InChI is InChI=1S/C20H16N4O4S2/c1-28-16-10-15(24(26)27)12(9-18(16)29-2)20(25)21-11-5-6-13-14(8-11)23-19(22-13)17-4-3-7-30-17/h3-10H,1-2H3,(H,21,25)(H,22,23). The second-order valence-corrected chi connectivity index (χ2v) is 8.03. The van der Waals surface area contributed by atoms with Crippen LogP contribution in [0.3, 0.4) is 0 Å². The highest BCUT2D eigenvalue weighted by molar-refractivity contribution is 7.98. The molecule has 10 heteroatoms. The van der Waals surface area contributed by atoms with Crippen molar-refractivity contribution in [3.8, 4) is 16.5 Å². The van der Waals surface area contributed by atoms with Crippen molar-refractivity contribution in [2.24, 2.45) is 0 Å². The summed E-state index contributed by atoms with van der Waals surface area (Å²) in [4.78, 5) is 33.2. The molecule has 152 valence electrons. The highest BCUT2D eigenvalue weighted by Crippen LogP contribution is 2.35. The zero-order chi connectivity index (χ0) is 21.3. The minimum atomic E-state index is -0.590. The Hall–Kier alpha value is -3.37. The number of nitrogens with one attached hydrogen (secondary N) is 2. The maximum absolute atomic E-state index is 12.8. The van der Waals surface area contributed by atoms with E-state index >= 15 is 0 Å². The van der Waals surface area contributed by atoms with Crippen LogP contribution in [-0.2, 0) is 0 Å². The van der Waals surface area contributed by atoms with Crippen LogP contribution in [0, 0.1) is 10.1 Å². The second-order valence-electron chi connectivity index (χ2n) is 6.23. The third-order valence-electron chi connectivity index (χ3n) is 4.44. The Morgan fingerprint density at radius 3 is 2.80 bits per heavy atom. The quantitative estimate of drug-likeness (QED) is 0.243. The summed E-state index contributed by atoms with van der Waals surface area (Å²) in [6.45, 7) is 0. The van der Waals surface area contributed by atoms with E-state index in [9.17, 15) is 14.9 Å². The number of amides is 1. The monoisotopic (exact) mass is 440 g/mol. The fourth-order valence-electron chi connectivity index (χ4n) is 3.02. The van der Waals surface area contributed by atoms with Crippen LogP contribution in [0.2, 0.25) is 0 Å². The number of anilines is 1. The number of hydrogen-bond donors (Lipinski definition) is 2. The summed E-state index contributed by atoms with van der Waals surface area (Å²) < 4.78 is 5.19. The number of imidazole rings is 1. The summed E-state index contributed by atoms with van der Waals surface area (Å²) in [7, 11) is 1.43. The molecule has 4 rings (SSSR count). The number of carbonyl (C=O) groups is 1. The van der Waals surface area contributed by atoms with Crippen molar-refractivity contribution in [1.82, 2.24) is 9.97 Å². The molecule has 0 aliphatic carbocycles. The number of thiophene rings is 1. The number of carbonyl (C=O) groups excluding carboxylic acids is 1. The molecule has 0 spiro atoms. The van der Waals surface area contributed by atoms with Crippen LogP contribution in [-0.4, -0.2) is 34.2 Å². The van der Waals surface area contributed by atoms with E-state index in [1.54, 1.807) is 29.5 Å². The van der Waals surface area contributed by atoms with Crippen molar-refractivity contribution in [3.63, 3.8) is 0 Å². The van der Waals surface area contributed by atoms with Crippen molar-refractivity contribution in [1.29, 1.82) is 0 Å². The van der Waals surface area contributed by atoms with E-state index in [1.165, 1.54) is 31.0 Å². The number of fused-ring (bicyclic) bond motifs is 1. The lowest BCUT2D eigenvalue weighted by atomic mass is 10.1. The maximum Gasteiger partial charge on any atom is 0.285 e. The van der Waals surface area contributed by atoms with Crippen LogP contribution in [0.15, 0.2) is 52.7 Å². The van der Waals surface area contributed by atoms with Gasteiger partial charge in [-0.1, -0.05) is 6.07 Å². The van der Waals surface area contributed by atoms with E-state index < -0.39 is 10.8 Å². The molecule has 4 aromatic rings. The fraction of sp³-hybridized carbons (Fsp3) is 0.100. The van der Waals surface area contributed by atoms with Crippen molar-refractivity contribution in [2.75, 3.05) is 18.7 Å². The first-order chi connectivity index (χ1) is 14.5. The van der Waals surface area contributed by atoms with Gasteiger partial charge in [0.1, 0.15) is 17.1 Å². The van der Waals surface area contributed by atoms with Gasteiger partial charge in [0.05, 0.1) is 38.9 Å². The minimum absolute atomic E-state index is 0.0332. The number of hydrogen-bond acceptors (Lipinski definition) is 7. The summed E-state index contributed by atoms with van der Waals surface area (Å²) in [5.41, 5.74) is 1.67. The van der Waals surface area contributed by atoms with Crippen LogP contribution in [0.1, 0.15) is 10.4 Å². The predicted octanol–water partition coefficient (Wildman–Crippen LogP) is 5.18. The molecule has 2 aromatic heterocycles. The molecule has 0 unspecified atom stereocenters. The van der Waals surface area contributed by atoms with Crippen molar-refractivity contribution in [2.45, 2.75) is 4.90 Å². The van der Waals surface area contributed by atoms with Crippen LogP contribution in [0.5, 0.6) is 5.75 Å². The minimum Gasteiger partial charge on any atom is -0.495 e. The average Bonchev–Trinajstić information content (AvgIpc) is 3.41. The first-order valence-corrected chi connectivity index (χ1v) is 10.9. The number of nitrogens with zero attached hydrogens (tertiary/aromatic N) is 2. The van der Waals surface area contributed by atoms with Gasteiger partial charge in [0.2, 0.25) is 0 Å². The molecule has 30 heavy (non-hydrogen) atoms. The molecule has 0 radical (unpaired) electrons. The molecule has 8 nitrogen and oxygen atoms in total. The molecule has 0 saturated carbocycles. The van der Waals surface area contributed by atoms with Crippen LogP contribution in [0.4, 0.5) is 11.4 Å². The second kappa shape index (κ2) is 8.17. The number of nitro groups is 1. The molecular weight excluding hydrogens is 424 g/mol. The lowest BCUT2D eigenvalue weighted by Crippen LogP contribution is -2.14. The Morgan fingerprint density at radius 1 is 1.30 bits per heavy atom. The Morgan fingerprint density at radius 2 is 2.13 bits per heavy atom. The fourth-order valence-corrected chi connectivity index (χ4v) is 4.27. The van der Waals surface area contributed by atoms with Gasteiger partial charge in [-0.25, -0.2) is 4.98 Å². The lowest BCUT2D eigenvalue weighted by Gasteiger charge is -2.10. The molecular formula is C20H16N4O4S2. The largest absolute Gasteiger partial charge is 0.495 e. The third kappa shape index (κ3) is 3.74. The summed E-state index contributed by atoms with van der Waals surface area (Å²) in [5.74, 6) is 0.529. The van der Waals surface area contributed by atoms with Crippen molar-refractivity contribution < 1.29 is 14.5 Å². The zero-order valence-electron chi connectivity index (χ0n) is 16.0. The zero-order valence-corrected chi connectivity index (χ0v) is 17.6. The Bertz CT molecular complexity index is 1250. The van der Waals surface area contributed by atoms with Gasteiger partial charge in [0, 0.05) is 5.69 Å². The smallest absolute Gasteiger partial charge is 0.285 e. The average molecular weight is 441 g/mol. The maximum atomic E-state index is 12.8. The summed E-state index contributed by atoms with van der Waals surface area (Å²) in [6, 6.07) is 11.9. The molecule has 0 saturated heterocycles. The molecule has 2 heterocycles. The van der Waals surface area contributed by atoms with Gasteiger partial charge in [-0.15, -0.1) is 23.1 Å². The number of aromatic amines is 1. The van der Waals surface area contributed by atoms with E-state index in [0.717, 1.165) is 21.7 Å². The SMILES string of the molecule is COc1cc([N+](=O)[O-])c(C(=O)Nc2ccc3nc(-c4cccs4)[nH]c3c2)cc1SC. The van der Waals surface area contributed by atoms with E-state index in [4.69, 9.17) is 4.74 Å². The van der Waals surface area contributed by atoms with E-state index in [0.29, 0.717) is 16.3 Å². The topological polar surface area (TPSA) is 110 Å². The van der Waals surface area contributed by atoms with Gasteiger partial charge in [0.15, 0.2) is 0 Å². The van der Waals surface area contributed by atoms with Gasteiger partial charge in [-0.3, -0.25) is 14.9 Å². The Kier molecular flexibility index (Phi) is 5.42. The Labute approximate surface area is 179 Å². The number of thioether (sulfide) groups is 1. The molecule has 0 bridgehead atoms. The van der Waals surface area contributed by atoms with Gasteiger partial charge >= 0.3 is 0 Å². The highest BCUT2D eigenvalue weighted by Gasteiger charge is 2.24. The lowest BCUT2D eigenvalue weighted by molar-refractivity contribution is -0.385. The Balaban J connectivity index is 1.66. The van der Waals surface area contributed by atoms with Crippen LogP contribution >= 0.6 is 23.1 Å². The van der Waals surface area contributed by atoms with Gasteiger partial charge < -0.3 is 15.0 Å². The first kappa shape index (κ1) is 19.9. The number of aromatic nitrogens is 2. The van der Waals surface area contributed by atoms with Gasteiger partial charge in [-0.05, 0) is 42.0 Å². The van der Waals surface area contributed by atoms with Crippen molar-refractivity contribution in [3.05, 3.63) is 63.5 Å². The van der Waals surface area contributed by atoms with E-state index in [-0.39, 0.29) is 11.3 Å². The number of rotatable bonds is 6. The number of nitro benzene ring substituents is 1. The normalized spacial score (nSPS) is 10.9. The van der Waals surface area contributed by atoms with Crippen molar-refractivity contribution >= 4 is 51.4 Å². The van der Waals surface area contributed by atoms with Gasteiger partial charge in [0.25, 0.3) is 11.6 Å². The highest BCUT2D eigenvalue weighted by atomic mass is 32.2. The number of H-pyrrole nitrogens is 1. The predicted molar refractivity (Wildman–Crippen MR) is 119 cm³/mol. The molecule has 0 aliphatic rings. The first-order valence-electron chi connectivity index (χ1n) is 8.75. The molecule has 0 atom stereocenters. The molecule has 0 fully saturated rings. The molecule has 2 N–H and O–H groups in total. The molecule has 0 aliphatic heterocycles. The van der Waals surface area contributed by atoms with Crippen LogP contribution in [0.25, 0.3) is 21.7 Å². The number of ether oxygens (including phenoxy) is 1. The summed E-state index contributed by atoms with van der Waals surface area (Å²) in [6.07, 6.45) is 1.81. The summed E-state index contributed by atoms with van der Waals surface area (Å²) >= 11 is 2.92. The molecule has 1 amide bonds. The molecule has 2 aromatic carbocycles. The third-order valence-corrected chi connectivity index (χ3v) is 6.07. The van der Waals surface area contributed by atoms with Gasteiger partial charge in [-0.2, -0.15) is 0 Å². The van der Waals surface area contributed by atoms with Crippen LogP contribution < -0.4 is 10.1 Å². The number of benzene rings is 2. The van der Waals surface area contributed by atoms with E-state index in [1.807, 2.05) is 23.8 Å². The number of methoxy groups -OCH3 is 1.